The predicted octanol–water partition coefficient (Wildman–Crippen LogP) is 4.40. The molecular formula is C14H16ClNS. The SMILES string of the molecule is CNCc1cc(-c2cc(C)c(C)cc2Cl)cs1. The third kappa shape index (κ3) is 2.71. The van der Waals surface area contributed by atoms with Gasteiger partial charge in [-0.2, -0.15) is 0 Å². The van der Waals surface area contributed by atoms with E-state index in [0.29, 0.717) is 0 Å². The molecule has 0 fully saturated rings. The molecular weight excluding hydrogens is 250 g/mol. The van der Waals surface area contributed by atoms with Crippen molar-refractivity contribution in [3.63, 3.8) is 0 Å². The van der Waals surface area contributed by atoms with Gasteiger partial charge in [0, 0.05) is 22.0 Å². The molecule has 17 heavy (non-hydrogen) atoms. The number of thiophene rings is 1. The predicted molar refractivity (Wildman–Crippen MR) is 77.0 cm³/mol. The van der Waals surface area contributed by atoms with Gasteiger partial charge in [0.2, 0.25) is 0 Å². The highest BCUT2D eigenvalue weighted by Gasteiger charge is 2.08. The Kier molecular flexibility index (Phi) is 3.87. The van der Waals surface area contributed by atoms with E-state index in [4.69, 9.17) is 11.6 Å². The fourth-order valence-corrected chi connectivity index (χ4v) is 3.01. The molecule has 1 aromatic heterocycles. The second kappa shape index (κ2) is 5.21. The van der Waals surface area contributed by atoms with Crippen molar-refractivity contribution in [3.05, 3.63) is 44.6 Å². The lowest BCUT2D eigenvalue weighted by Crippen LogP contribution is -2.02. The van der Waals surface area contributed by atoms with Crippen molar-refractivity contribution >= 4 is 22.9 Å². The van der Waals surface area contributed by atoms with Gasteiger partial charge in [0.1, 0.15) is 0 Å². The third-order valence-corrected chi connectivity index (χ3v) is 4.15. The fraction of sp³-hybridized carbons (Fsp3) is 0.286. The van der Waals surface area contributed by atoms with Gasteiger partial charge in [-0.25, -0.2) is 0 Å². The van der Waals surface area contributed by atoms with Crippen LogP contribution in [0.15, 0.2) is 23.6 Å². The van der Waals surface area contributed by atoms with Crippen molar-refractivity contribution in [2.24, 2.45) is 0 Å². The van der Waals surface area contributed by atoms with E-state index in [1.807, 2.05) is 13.1 Å². The highest BCUT2D eigenvalue weighted by molar-refractivity contribution is 7.10. The molecule has 0 radical (unpaired) electrons. The van der Waals surface area contributed by atoms with Gasteiger partial charge in [-0.3, -0.25) is 0 Å². The minimum atomic E-state index is 0.835. The molecule has 1 N–H and O–H groups in total. The Balaban J connectivity index is 2.41. The molecule has 0 saturated heterocycles. The first-order valence-electron chi connectivity index (χ1n) is 5.61. The molecule has 3 heteroatoms. The molecule has 2 rings (SSSR count). The average Bonchev–Trinajstić information content (AvgIpc) is 2.72. The van der Waals surface area contributed by atoms with Crippen LogP contribution in [0.25, 0.3) is 11.1 Å². The van der Waals surface area contributed by atoms with Gasteiger partial charge in [0.15, 0.2) is 0 Å². The van der Waals surface area contributed by atoms with Crippen LogP contribution in [-0.4, -0.2) is 7.05 Å². The first kappa shape index (κ1) is 12.6. The molecule has 0 saturated carbocycles. The van der Waals surface area contributed by atoms with Gasteiger partial charge < -0.3 is 5.32 Å². The maximum atomic E-state index is 6.31. The van der Waals surface area contributed by atoms with E-state index in [9.17, 15) is 0 Å². The maximum absolute atomic E-state index is 6.31. The van der Waals surface area contributed by atoms with Crippen LogP contribution >= 0.6 is 22.9 Å². The Bertz CT molecular complexity index is 531. The molecule has 1 nitrogen and oxygen atoms in total. The number of hydrogen-bond acceptors (Lipinski definition) is 2. The first-order valence-corrected chi connectivity index (χ1v) is 6.86. The summed E-state index contributed by atoms with van der Waals surface area (Å²) in [5.41, 5.74) is 4.87. The number of hydrogen-bond donors (Lipinski definition) is 1. The molecule has 90 valence electrons. The van der Waals surface area contributed by atoms with Gasteiger partial charge >= 0.3 is 0 Å². The van der Waals surface area contributed by atoms with Gasteiger partial charge in [-0.15, -0.1) is 11.3 Å². The molecule has 0 aliphatic heterocycles. The highest BCUT2D eigenvalue weighted by atomic mass is 35.5. The van der Waals surface area contributed by atoms with E-state index in [1.165, 1.54) is 21.6 Å². The molecule has 1 heterocycles. The Labute approximate surface area is 111 Å². The molecule has 1 aromatic carbocycles. The Hall–Kier alpha value is -0.830. The molecule has 2 aromatic rings. The fourth-order valence-electron chi connectivity index (χ4n) is 1.79. The first-order chi connectivity index (χ1) is 8.11. The molecule has 0 spiro atoms. The third-order valence-electron chi connectivity index (χ3n) is 2.90. The molecule has 0 aliphatic carbocycles. The molecule has 0 atom stereocenters. The highest BCUT2D eigenvalue weighted by Crippen LogP contribution is 2.33. The van der Waals surface area contributed by atoms with Crippen molar-refractivity contribution in [2.75, 3.05) is 7.05 Å². The van der Waals surface area contributed by atoms with Gasteiger partial charge in [-0.1, -0.05) is 11.6 Å². The van der Waals surface area contributed by atoms with E-state index in [1.54, 1.807) is 11.3 Å². The lowest BCUT2D eigenvalue weighted by atomic mass is 10.0. The van der Waals surface area contributed by atoms with E-state index >= 15 is 0 Å². The van der Waals surface area contributed by atoms with Crippen molar-refractivity contribution < 1.29 is 0 Å². The average molecular weight is 266 g/mol. The number of halogens is 1. The zero-order chi connectivity index (χ0) is 12.4. The molecule has 0 unspecified atom stereocenters. The largest absolute Gasteiger partial charge is 0.315 e. The monoisotopic (exact) mass is 265 g/mol. The molecule has 0 aliphatic rings. The minimum absolute atomic E-state index is 0.835. The van der Waals surface area contributed by atoms with Crippen LogP contribution in [0.3, 0.4) is 0 Å². The smallest absolute Gasteiger partial charge is 0.0487 e. The summed E-state index contributed by atoms with van der Waals surface area (Å²) in [6.45, 7) is 5.12. The lowest BCUT2D eigenvalue weighted by Gasteiger charge is -2.06. The normalized spacial score (nSPS) is 10.8. The van der Waals surface area contributed by atoms with Crippen LogP contribution in [0.5, 0.6) is 0 Å². The van der Waals surface area contributed by atoms with E-state index in [0.717, 1.165) is 17.1 Å². The van der Waals surface area contributed by atoms with Crippen molar-refractivity contribution in [1.82, 2.24) is 5.32 Å². The van der Waals surface area contributed by atoms with Crippen molar-refractivity contribution in [3.8, 4) is 11.1 Å². The second-order valence-electron chi connectivity index (χ2n) is 4.25. The van der Waals surface area contributed by atoms with Crippen LogP contribution in [-0.2, 0) is 6.54 Å². The van der Waals surface area contributed by atoms with Crippen molar-refractivity contribution in [2.45, 2.75) is 20.4 Å². The van der Waals surface area contributed by atoms with Crippen LogP contribution in [0.1, 0.15) is 16.0 Å². The quantitative estimate of drug-likeness (QED) is 0.867. The summed E-state index contributed by atoms with van der Waals surface area (Å²) in [5.74, 6) is 0. The Morgan fingerprint density at radius 3 is 2.59 bits per heavy atom. The van der Waals surface area contributed by atoms with E-state index in [2.05, 4.69) is 36.7 Å². The summed E-state index contributed by atoms with van der Waals surface area (Å²) in [7, 11) is 1.96. The molecule has 0 bridgehead atoms. The summed E-state index contributed by atoms with van der Waals surface area (Å²) in [6.07, 6.45) is 0. The summed E-state index contributed by atoms with van der Waals surface area (Å²) < 4.78 is 0. The summed E-state index contributed by atoms with van der Waals surface area (Å²) in [5, 5.41) is 6.17. The maximum Gasteiger partial charge on any atom is 0.0487 e. The Morgan fingerprint density at radius 2 is 1.88 bits per heavy atom. The van der Waals surface area contributed by atoms with Crippen LogP contribution in [0, 0.1) is 13.8 Å². The topological polar surface area (TPSA) is 12.0 Å². The molecule has 0 amide bonds. The van der Waals surface area contributed by atoms with E-state index < -0.39 is 0 Å². The summed E-state index contributed by atoms with van der Waals surface area (Å²) in [4.78, 5) is 1.33. The summed E-state index contributed by atoms with van der Waals surface area (Å²) in [6, 6.07) is 6.42. The van der Waals surface area contributed by atoms with Gasteiger partial charge in [-0.05, 0) is 61.2 Å². The van der Waals surface area contributed by atoms with Crippen LogP contribution < -0.4 is 5.32 Å². The number of aryl methyl sites for hydroxylation is 2. The van der Waals surface area contributed by atoms with E-state index in [-0.39, 0.29) is 0 Å². The zero-order valence-electron chi connectivity index (χ0n) is 10.3. The van der Waals surface area contributed by atoms with Gasteiger partial charge in [0.25, 0.3) is 0 Å². The number of rotatable bonds is 3. The number of nitrogens with one attached hydrogen (secondary N) is 1. The lowest BCUT2D eigenvalue weighted by molar-refractivity contribution is 0.831. The zero-order valence-corrected chi connectivity index (χ0v) is 11.9. The Morgan fingerprint density at radius 1 is 1.18 bits per heavy atom. The summed E-state index contributed by atoms with van der Waals surface area (Å²) >= 11 is 8.08. The standard InChI is InChI=1S/C14H16ClNS/c1-9-4-13(14(15)5-10(9)2)11-6-12(7-16-3)17-8-11/h4-6,8,16H,7H2,1-3H3. The van der Waals surface area contributed by atoms with Gasteiger partial charge in [0.05, 0.1) is 0 Å². The van der Waals surface area contributed by atoms with Crippen LogP contribution in [0.4, 0.5) is 0 Å². The minimum Gasteiger partial charge on any atom is -0.315 e. The van der Waals surface area contributed by atoms with Crippen LogP contribution in [0.2, 0.25) is 5.02 Å². The van der Waals surface area contributed by atoms with Crippen molar-refractivity contribution in [1.29, 1.82) is 0 Å². The number of benzene rings is 1. The second-order valence-corrected chi connectivity index (χ2v) is 5.65.